The van der Waals surface area contributed by atoms with Gasteiger partial charge in [0.2, 0.25) is 11.8 Å². The molecule has 0 spiro atoms. The fourth-order valence-corrected chi connectivity index (χ4v) is 4.19. The van der Waals surface area contributed by atoms with Crippen molar-refractivity contribution in [3.05, 3.63) is 59.7 Å². The zero-order chi connectivity index (χ0) is 23.6. The number of nitriles is 1. The SMILES string of the molecule is COc1ccc(C(C#N)NC(=O)[C@@H]2CCCN2C(=O)CCCCc2ccccc2)cc1OC. The lowest BCUT2D eigenvalue weighted by molar-refractivity contribution is -0.138. The molecule has 2 atom stereocenters. The Morgan fingerprint density at radius 1 is 1.12 bits per heavy atom. The molecule has 1 aliphatic heterocycles. The first-order valence-corrected chi connectivity index (χ1v) is 11.3. The van der Waals surface area contributed by atoms with Crippen molar-refractivity contribution >= 4 is 11.8 Å². The monoisotopic (exact) mass is 449 g/mol. The number of nitrogens with one attached hydrogen (secondary N) is 1. The van der Waals surface area contributed by atoms with Crippen LogP contribution in [0.1, 0.15) is 49.3 Å². The minimum atomic E-state index is -0.847. The van der Waals surface area contributed by atoms with Gasteiger partial charge in [0, 0.05) is 13.0 Å². The Labute approximate surface area is 195 Å². The number of aryl methyl sites for hydroxylation is 1. The second-order valence-electron chi connectivity index (χ2n) is 8.12. The van der Waals surface area contributed by atoms with E-state index in [0.717, 1.165) is 25.7 Å². The Morgan fingerprint density at radius 2 is 1.88 bits per heavy atom. The third-order valence-electron chi connectivity index (χ3n) is 5.98. The Morgan fingerprint density at radius 3 is 2.58 bits per heavy atom. The maximum absolute atomic E-state index is 13.0. The minimum absolute atomic E-state index is 0.000311. The highest BCUT2D eigenvalue weighted by molar-refractivity contribution is 5.88. The van der Waals surface area contributed by atoms with Crippen molar-refractivity contribution in [2.24, 2.45) is 0 Å². The van der Waals surface area contributed by atoms with Gasteiger partial charge in [-0.15, -0.1) is 0 Å². The molecule has 0 radical (unpaired) electrons. The molecule has 1 fully saturated rings. The normalized spacial score (nSPS) is 16.0. The van der Waals surface area contributed by atoms with Gasteiger partial charge < -0.3 is 19.7 Å². The predicted octanol–water partition coefficient (Wildman–Crippen LogP) is 3.79. The second-order valence-corrected chi connectivity index (χ2v) is 8.12. The number of methoxy groups -OCH3 is 2. The number of nitrogens with zero attached hydrogens (tertiary/aromatic N) is 2. The smallest absolute Gasteiger partial charge is 0.244 e. The lowest BCUT2D eigenvalue weighted by Crippen LogP contribution is -2.46. The molecule has 0 bridgehead atoms. The van der Waals surface area contributed by atoms with E-state index in [-0.39, 0.29) is 11.8 Å². The summed E-state index contributed by atoms with van der Waals surface area (Å²) in [4.78, 5) is 27.5. The molecule has 0 aromatic heterocycles. The van der Waals surface area contributed by atoms with Gasteiger partial charge in [0.1, 0.15) is 12.1 Å². The molecule has 1 N–H and O–H groups in total. The summed E-state index contributed by atoms with van der Waals surface area (Å²) in [5.41, 5.74) is 1.86. The van der Waals surface area contributed by atoms with E-state index in [4.69, 9.17) is 9.47 Å². The number of unbranched alkanes of at least 4 members (excludes halogenated alkanes) is 1. The summed E-state index contributed by atoms with van der Waals surface area (Å²) in [6, 6.07) is 16.1. The molecule has 2 aromatic carbocycles. The van der Waals surface area contributed by atoms with Crippen molar-refractivity contribution in [2.45, 2.75) is 50.6 Å². The molecule has 1 unspecified atom stereocenters. The van der Waals surface area contributed by atoms with Gasteiger partial charge in [-0.05, 0) is 55.4 Å². The van der Waals surface area contributed by atoms with Gasteiger partial charge in [0.15, 0.2) is 11.5 Å². The van der Waals surface area contributed by atoms with Crippen molar-refractivity contribution in [2.75, 3.05) is 20.8 Å². The lowest BCUT2D eigenvalue weighted by Gasteiger charge is -2.25. The number of hydrogen-bond donors (Lipinski definition) is 1. The van der Waals surface area contributed by atoms with Gasteiger partial charge in [-0.2, -0.15) is 5.26 Å². The number of carbonyl (C=O) groups is 2. The molecule has 3 rings (SSSR count). The summed E-state index contributed by atoms with van der Waals surface area (Å²) in [6.45, 7) is 0.573. The Kier molecular flexibility index (Phi) is 8.71. The second kappa shape index (κ2) is 11.9. The first-order valence-electron chi connectivity index (χ1n) is 11.3. The van der Waals surface area contributed by atoms with Crippen LogP contribution in [0.25, 0.3) is 0 Å². The van der Waals surface area contributed by atoms with Gasteiger partial charge >= 0.3 is 0 Å². The van der Waals surface area contributed by atoms with E-state index in [1.54, 1.807) is 23.1 Å². The molecule has 1 heterocycles. The zero-order valence-electron chi connectivity index (χ0n) is 19.3. The summed E-state index contributed by atoms with van der Waals surface area (Å²) < 4.78 is 10.5. The summed E-state index contributed by atoms with van der Waals surface area (Å²) in [5, 5.41) is 12.5. The van der Waals surface area contributed by atoms with Gasteiger partial charge in [0.05, 0.1) is 20.3 Å². The van der Waals surface area contributed by atoms with Crippen LogP contribution in [0.15, 0.2) is 48.5 Å². The van der Waals surface area contributed by atoms with Gasteiger partial charge in [0.25, 0.3) is 0 Å². The van der Waals surface area contributed by atoms with Crippen LogP contribution < -0.4 is 14.8 Å². The first kappa shape index (κ1) is 24.1. The summed E-state index contributed by atoms with van der Waals surface area (Å²) >= 11 is 0. The number of ether oxygens (including phenoxy) is 2. The molecule has 1 saturated heterocycles. The van der Waals surface area contributed by atoms with Crippen LogP contribution in [-0.4, -0.2) is 43.5 Å². The third kappa shape index (κ3) is 6.26. The fraction of sp³-hybridized carbons (Fsp3) is 0.423. The number of likely N-dealkylation sites (tertiary alicyclic amines) is 1. The van der Waals surface area contributed by atoms with E-state index >= 15 is 0 Å². The maximum Gasteiger partial charge on any atom is 0.244 e. The summed E-state index contributed by atoms with van der Waals surface area (Å²) in [6.07, 6.45) is 4.45. The van der Waals surface area contributed by atoms with Gasteiger partial charge in [-0.25, -0.2) is 0 Å². The fourth-order valence-electron chi connectivity index (χ4n) is 4.19. The molecule has 1 aliphatic rings. The molecule has 174 valence electrons. The number of benzene rings is 2. The van der Waals surface area contributed by atoms with E-state index in [9.17, 15) is 14.9 Å². The summed E-state index contributed by atoms with van der Waals surface area (Å²) in [5.74, 6) is 0.730. The van der Waals surface area contributed by atoms with E-state index < -0.39 is 12.1 Å². The van der Waals surface area contributed by atoms with Crippen LogP contribution >= 0.6 is 0 Å². The highest BCUT2D eigenvalue weighted by atomic mass is 16.5. The van der Waals surface area contributed by atoms with E-state index in [1.165, 1.54) is 19.8 Å². The van der Waals surface area contributed by atoms with Crippen LogP contribution in [0.4, 0.5) is 0 Å². The molecular weight excluding hydrogens is 418 g/mol. The van der Waals surface area contributed by atoms with Crippen molar-refractivity contribution in [3.63, 3.8) is 0 Å². The molecule has 2 aromatic rings. The standard InChI is InChI=1S/C26H31N3O4/c1-32-23-15-14-20(17-24(23)33-2)21(18-27)28-26(31)22-12-8-16-29(22)25(30)13-7-6-11-19-9-4-3-5-10-19/h3-5,9-10,14-15,17,21-22H,6-8,11-13,16H2,1-2H3,(H,28,31)/t21?,22-/m0/s1. The van der Waals surface area contributed by atoms with Crippen LogP contribution in [0.3, 0.4) is 0 Å². The quantitative estimate of drug-likeness (QED) is 0.557. The first-order chi connectivity index (χ1) is 16.1. The molecule has 0 saturated carbocycles. The van der Waals surface area contributed by atoms with E-state index in [0.29, 0.717) is 36.4 Å². The van der Waals surface area contributed by atoms with Crippen molar-refractivity contribution in [3.8, 4) is 17.6 Å². The molecule has 7 nitrogen and oxygen atoms in total. The third-order valence-corrected chi connectivity index (χ3v) is 5.98. The molecule has 7 heteroatoms. The Balaban J connectivity index is 1.55. The van der Waals surface area contributed by atoms with E-state index in [2.05, 4.69) is 23.5 Å². The predicted molar refractivity (Wildman–Crippen MR) is 125 cm³/mol. The van der Waals surface area contributed by atoms with E-state index in [1.807, 2.05) is 18.2 Å². The molecular formula is C26H31N3O4. The van der Waals surface area contributed by atoms with Gasteiger partial charge in [-0.1, -0.05) is 36.4 Å². The topological polar surface area (TPSA) is 91.7 Å². The largest absolute Gasteiger partial charge is 0.493 e. The molecule has 0 aliphatic carbocycles. The molecule has 33 heavy (non-hydrogen) atoms. The minimum Gasteiger partial charge on any atom is -0.493 e. The van der Waals surface area contributed by atoms with Gasteiger partial charge in [-0.3, -0.25) is 9.59 Å². The van der Waals surface area contributed by atoms with Crippen LogP contribution in [0.2, 0.25) is 0 Å². The summed E-state index contributed by atoms with van der Waals surface area (Å²) in [7, 11) is 3.05. The Hall–Kier alpha value is -3.53. The number of hydrogen-bond acceptors (Lipinski definition) is 5. The van der Waals surface area contributed by atoms with Crippen molar-refractivity contribution < 1.29 is 19.1 Å². The van der Waals surface area contributed by atoms with Crippen molar-refractivity contribution in [1.82, 2.24) is 10.2 Å². The van der Waals surface area contributed by atoms with Crippen molar-refractivity contribution in [1.29, 1.82) is 5.26 Å². The lowest BCUT2D eigenvalue weighted by atomic mass is 10.1. The number of amides is 2. The number of carbonyl (C=O) groups excluding carboxylic acids is 2. The number of rotatable bonds is 10. The molecule has 2 amide bonds. The average Bonchev–Trinajstić information content (AvgIpc) is 3.35. The maximum atomic E-state index is 13.0. The highest BCUT2D eigenvalue weighted by Gasteiger charge is 2.34. The average molecular weight is 450 g/mol. The van der Waals surface area contributed by atoms with Crippen LogP contribution in [-0.2, 0) is 16.0 Å². The highest BCUT2D eigenvalue weighted by Crippen LogP contribution is 2.30. The van der Waals surface area contributed by atoms with Crippen LogP contribution in [0, 0.1) is 11.3 Å². The zero-order valence-corrected chi connectivity index (χ0v) is 19.3. The van der Waals surface area contributed by atoms with Crippen LogP contribution in [0.5, 0.6) is 11.5 Å². The Bertz CT molecular complexity index is 987.